The van der Waals surface area contributed by atoms with Crippen molar-refractivity contribution in [1.82, 2.24) is 10.2 Å². The number of rotatable bonds is 6. The highest BCUT2D eigenvalue weighted by Gasteiger charge is 2.13. The lowest BCUT2D eigenvalue weighted by Gasteiger charge is -2.13. The highest BCUT2D eigenvalue weighted by molar-refractivity contribution is 8.00. The Hall–Kier alpha value is -3.38. The van der Waals surface area contributed by atoms with Gasteiger partial charge in [-0.25, -0.2) is 0 Å². The van der Waals surface area contributed by atoms with Gasteiger partial charge in [-0.2, -0.15) is 0 Å². The average Bonchev–Trinajstić information content (AvgIpc) is 2.78. The van der Waals surface area contributed by atoms with E-state index in [0.717, 1.165) is 38.4 Å². The number of aromatic nitrogens is 2. The Labute approximate surface area is 180 Å². The Bertz CT molecular complexity index is 1160. The Morgan fingerprint density at radius 3 is 2.23 bits per heavy atom. The van der Waals surface area contributed by atoms with E-state index in [2.05, 4.69) is 15.5 Å². The molecule has 3 aromatic carbocycles. The number of carbonyl (C=O) groups is 1. The van der Waals surface area contributed by atoms with Crippen molar-refractivity contribution in [3.05, 3.63) is 78.9 Å². The molecule has 1 N–H and O–H groups in total. The van der Waals surface area contributed by atoms with Crippen molar-refractivity contribution in [2.24, 2.45) is 0 Å². The number of anilines is 2. The molecule has 0 saturated carbocycles. The van der Waals surface area contributed by atoms with Crippen LogP contribution in [0.3, 0.4) is 0 Å². The van der Waals surface area contributed by atoms with E-state index >= 15 is 0 Å². The monoisotopic (exact) mass is 414 g/mol. The van der Waals surface area contributed by atoms with Crippen molar-refractivity contribution in [2.45, 2.75) is 5.03 Å². The summed E-state index contributed by atoms with van der Waals surface area (Å²) in [6, 6.07) is 25.8. The first-order valence-corrected chi connectivity index (χ1v) is 10.6. The molecule has 0 atom stereocenters. The van der Waals surface area contributed by atoms with E-state index in [1.165, 1.54) is 11.8 Å². The van der Waals surface area contributed by atoms with Gasteiger partial charge in [0, 0.05) is 41.8 Å². The Morgan fingerprint density at radius 1 is 0.867 bits per heavy atom. The third-order valence-corrected chi connectivity index (χ3v) is 5.69. The summed E-state index contributed by atoms with van der Waals surface area (Å²) < 4.78 is 0. The summed E-state index contributed by atoms with van der Waals surface area (Å²) in [5.41, 5.74) is 3.74. The molecule has 150 valence electrons. The highest BCUT2D eigenvalue weighted by atomic mass is 32.2. The van der Waals surface area contributed by atoms with Crippen molar-refractivity contribution in [1.29, 1.82) is 0 Å². The first-order chi connectivity index (χ1) is 14.6. The number of carbonyl (C=O) groups excluding carboxylic acids is 1. The zero-order valence-electron chi connectivity index (χ0n) is 16.9. The van der Waals surface area contributed by atoms with Gasteiger partial charge in [-0.1, -0.05) is 66.4 Å². The van der Waals surface area contributed by atoms with Crippen LogP contribution in [0.5, 0.6) is 0 Å². The first-order valence-electron chi connectivity index (χ1n) is 9.63. The average molecular weight is 415 g/mol. The van der Waals surface area contributed by atoms with Gasteiger partial charge in [-0.15, -0.1) is 10.2 Å². The molecule has 0 aliphatic heterocycles. The van der Waals surface area contributed by atoms with Crippen LogP contribution in [0, 0.1) is 0 Å². The minimum atomic E-state index is -0.0735. The van der Waals surface area contributed by atoms with Crippen LogP contribution < -0.4 is 10.2 Å². The van der Waals surface area contributed by atoms with Gasteiger partial charge in [-0.05, 0) is 24.3 Å². The quantitative estimate of drug-likeness (QED) is 0.445. The minimum absolute atomic E-state index is 0.0735. The van der Waals surface area contributed by atoms with E-state index in [9.17, 15) is 4.79 Å². The van der Waals surface area contributed by atoms with Gasteiger partial charge in [0.2, 0.25) is 5.91 Å². The van der Waals surface area contributed by atoms with Crippen LogP contribution in [0.1, 0.15) is 0 Å². The number of benzene rings is 3. The maximum atomic E-state index is 12.4. The van der Waals surface area contributed by atoms with Crippen molar-refractivity contribution in [3.8, 4) is 11.3 Å². The normalized spacial score (nSPS) is 10.7. The molecule has 0 spiro atoms. The second kappa shape index (κ2) is 8.97. The van der Waals surface area contributed by atoms with E-state index in [-0.39, 0.29) is 11.7 Å². The molecule has 1 aromatic heterocycles. The van der Waals surface area contributed by atoms with E-state index in [4.69, 9.17) is 0 Å². The van der Waals surface area contributed by atoms with Gasteiger partial charge in [0.25, 0.3) is 0 Å². The van der Waals surface area contributed by atoms with Crippen LogP contribution in [0.4, 0.5) is 11.4 Å². The fourth-order valence-electron chi connectivity index (χ4n) is 3.17. The molecule has 1 amide bonds. The molecule has 4 aromatic rings. The van der Waals surface area contributed by atoms with Crippen LogP contribution in [-0.4, -0.2) is 36.0 Å². The molecule has 0 fully saturated rings. The highest BCUT2D eigenvalue weighted by Crippen LogP contribution is 2.31. The minimum Gasteiger partial charge on any atom is -0.378 e. The molecule has 4 rings (SSSR count). The van der Waals surface area contributed by atoms with Gasteiger partial charge in [-0.3, -0.25) is 4.79 Å². The maximum Gasteiger partial charge on any atom is 0.234 e. The number of hydrogen-bond acceptors (Lipinski definition) is 5. The van der Waals surface area contributed by atoms with Gasteiger partial charge < -0.3 is 10.2 Å². The third kappa shape index (κ3) is 4.44. The number of hydrogen-bond donors (Lipinski definition) is 1. The zero-order chi connectivity index (χ0) is 20.9. The van der Waals surface area contributed by atoms with Crippen LogP contribution in [0.25, 0.3) is 22.0 Å². The molecule has 5 nitrogen and oxygen atoms in total. The fourth-order valence-corrected chi connectivity index (χ4v) is 3.94. The lowest BCUT2D eigenvalue weighted by atomic mass is 10.1. The van der Waals surface area contributed by atoms with Crippen molar-refractivity contribution < 1.29 is 4.79 Å². The van der Waals surface area contributed by atoms with Crippen molar-refractivity contribution in [3.63, 3.8) is 0 Å². The van der Waals surface area contributed by atoms with Crippen LogP contribution in [0.2, 0.25) is 0 Å². The smallest absolute Gasteiger partial charge is 0.234 e. The summed E-state index contributed by atoms with van der Waals surface area (Å²) in [4.78, 5) is 14.5. The predicted molar refractivity (Wildman–Crippen MR) is 125 cm³/mol. The summed E-state index contributed by atoms with van der Waals surface area (Å²) in [6.07, 6.45) is 0. The molecular weight excluding hydrogens is 392 g/mol. The molecule has 6 heteroatoms. The summed E-state index contributed by atoms with van der Waals surface area (Å²) in [5.74, 6) is 0.189. The molecular formula is C24H22N4OS. The SMILES string of the molecule is CN(C)c1ccc(NC(=O)CSc2nnc(-c3ccccc3)c3ccccc23)cc1. The number of amides is 1. The summed E-state index contributed by atoms with van der Waals surface area (Å²) in [6.45, 7) is 0. The standard InChI is InChI=1S/C24H22N4OS/c1-28(2)19-14-12-18(13-15-19)25-22(29)16-30-24-21-11-7-6-10-20(21)23(26-27-24)17-8-4-3-5-9-17/h3-15H,16H2,1-2H3,(H,25,29). The molecule has 1 heterocycles. The number of fused-ring (bicyclic) bond motifs is 1. The zero-order valence-corrected chi connectivity index (χ0v) is 17.7. The molecule has 0 saturated heterocycles. The predicted octanol–water partition coefficient (Wildman–Crippen LogP) is 5.09. The summed E-state index contributed by atoms with van der Waals surface area (Å²) >= 11 is 1.40. The second-order valence-corrected chi connectivity index (χ2v) is 8.01. The number of thioether (sulfide) groups is 1. The Morgan fingerprint density at radius 2 is 1.53 bits per heavy atom. The molecule has 0 aliphatic rings. The molecule has 0 aliphatic carbocycles. The van der Waals surface area contributed by atoms with E-state index < -0.39 is 0 Å². The van der Waals surface area contributed by atoms with E-state index in [0.29, 0.717) is 0 Å². The topological polar surface area (TPSA) is 58.1 Å². The Balaban J connectivity index is 1.50. The van der Waals surface area contributed by atoms with Crippen LogP contribution in [0.15, 0.2) is 83.9 Å². The second-order valence-electron chi connectivity index (χ2n) is 7.04. The molecule has 30 heavy (non-hydrogen) atoms. The van der Waals surface area contributed by atoms with Crippen LogP contribution >= 0.6 is 11.8 Å². The number of nitrogens with one attached hydrogen (secondary N) is 1. The molecule has 0 bridgehead atoms. The maximum absolute atomic E-state index is 12.4. The van der Waals surface area contributed by atoms with Gasteiger partial charge in [0.05, 0.1) is 5.75 Å². The summed E-state index contributed by atoms with van der Waals surface area (Å²) in [5, 5.41) is 14.6. The molecule has 0 radical (unpaired) electrons. The molecule has 0 unspecified atom stereocenters. The van der Waals surface area contributed by atoms with Gasteiger partial charge >= 0.3 is 0 Å². The Kier molecular flexibility index (Phi) is 5.95. The van der Waals surface area contributed by atoms with Gasteiger partial charge in [0.15, 0.2) is 0 Å². The van der Waals surface area contributed by atoms with Crippen LogP contribution in [-0.2, 0) is 4.79 Å². The largest absolute Gasteiger partial charge is 0.378 e. The lowest BCUT2D eigenvalue weighted by Crippen LogP contribution is -2.14. The van der Waals surface area contributed by atoms with Gasteiger partial charge in [0.1, 0.15) is 10.7 Å². The fraction of sp³-hybridized carbons (Fsp3) is 0.125. The lowest BCUT2D eigenvalue weighted by molar-refractivity contribution is -0.113. The first kappa shape index (κ1) is 19.9. The number of nitrogens with zero attached hydrogens (tertiary/aromatic N) is 3. The van der Waals surface area contributed by atoms with Crippen molar-refractivity contribution in [2.75, 3.05) is 30.1 Å². The van der Waals surface area contributed by atoms with E-state index in [1.807, 2.05) is 97.9 Å². The van der Waals surface area contributed by atoms with E-state index in [1.54, 1.807) is 0 Å². The van der Waals surface area contributed by atoms with Crippen molar-refractivity contribution >= 4 is 39.8 Å². The third-order valence-electron chi connectivity index (χ3n) is 4.71. The summed E-state index contributed by atoms with van der Waals surface area (Å²) in [7, 11) is 3.97.